The quantitative estimate of drug-likeness (QED) is 0.309. The number of H-pyrrole nitrogens is 1. The van der Waals surface area contributed by atoms with Crippen LogP contribution in [0.25, 0.3) is 21.8 Å². The summed E-state index contributed by atoms with van der Waals surface area (Å²) < 4.78 is 9.12. The third-order valence-electron chi connectivity index (χ3n) is 7.26. The van der Waals surface area contributed by atoms with E-state index in [4.69, 9.17) is 4.74 Å². The third-order valence-corrected chi connectivity index (χ3v) is 7.26. The van der Waals surface area contributed by atoms with Crippen LogP contribution in [0.3, 0.4) is 0 Å². The van der Waals surface area contributed by atoms with Crippen molar-refractivity contribution < 1.29 is 4.74 Å². The molecule has 6 rings (SSSR count). The van der Waals surface area contributed by atoms with Gasteiger partial charge in [-0.1, -0.05) is 0 Å². The van der Waals surface area contributed by atoms with Crippen molar-refractivity contribution in [3.8, 4) is 6.01 Å². The number of nitrogens with zero attached hydrogens (tertiary/aromatic N) is 9. The first-order valence-electron chi connectivity index (χ1n) is 13.5. The monoisotopic (exact) mass is 566 g/mol. The van der Waals surface area contributed by atoms with Crippen molar-refractivity contribution in [1.29, 1.82) is 0 Å². The molecule has 4 aromatic heterocycles. The maximum atomic E-state index is 11.3. The lowest BCUT2D eigenvalue weighted by Gasteiger charge is -2.18. The number of fused-ring (bicyclic) bond motifs is 2. The van der Waals surface area contributed by atoms with E-state index in [9.17, 15) is 4.79 Å². The summed E-state index contributed by atoms with van der Waals surface area (Å²) >= 11 is 0. The van der Waals surface area contributed by atoms with Crippen LogP contribution in [0.4, 0.5) is 23.0 Å². The first-order valence-corrected chi connectivity index (χ1v) is 13.5. The van der Waals surface area contributed by atoms with E-state index in [-0.39, 0.29) is 5.69 Å². The molecule has 0 fully saturated rings. The van der Waals surface area contributed by atoms with E-state index >= 15 is 0 Å². The maximum absolute atomic E-state index is 11.3. The maximum Gasteiger partial charge on any atom is 0.346 e. The van der Waals surface area contributed by atoms with E-state index in [1.165, 1.54) is 6.20 Å². The Morgan fingerprint density at radius 3 is 1.95 bits per heavy atom. The van der Waals surface area contributed by atoms with Gasteiger partial charge in [0.15, 0.2) is 0 Å². The summed E-state index contributed by atoms with van der Waals surface area (Å²) in [7, 11) is 7.76. The predicted molar refractivity (Wildman–Crippen MR) is 165 cm³/mol. The van der Waals surface area contributed by atoms with Crippen LogP contribution in [-0.4, -0.2) is 60.2 Å². The molecule has 0 spiro atoms. The molecule has 0 unspecified atom stereocenters. The zero-order chi connectivity index (χ0) is 30.0. The van der Waals surface area contributed by atoms with E-state index in [1.54, 1.807) is 12.3 Å². The van der Waals surface area contributed by atoms with Crippen molar-refractivity contribution in [3.63, 3.8) is 0 Å². The highest BCUT2D eigenvalue weighted by atomic mass is 16.5. The number of benzene rings is 2. The van der Waals surface area contributed by atoms with Gasteiger partial charge >= 0.3 is 11.7 Å². The molecule has 0 saturated carbocycles. The fourth-order valence-electron chi connectivity index (χ4n) is 4.58. The number of rotatable bonds is 6. The smallest absolute Gasteiger partial charge is 0.346 e. The summed E-state index contributed by atoms with van der Waals surface area (Å²) in [6.07, 6.45) is 3.20. The van der Waals surface area contributed by atoms with Crippen molar-refractivity contribution in [2.24, 2.45) is 14.1 Å². The van der Waals surface area contributed by atoms with Crippen LogP contribution in [0.5, 0.6) is 6.01 Å². The SMILES string of the molecule is CCOc1nccc(N(C)c2ccc3nn(C)c(C)c3c2)n1.Cc1c2cc(N(C)c3ccnc(=O)[nH]3)ccc2nn1C. The molecular formula is C30H34N10O2. The Morgan fingerprint density at radius 1 is 0.810 bits per heavy atom. The van der Waals surface area contributed by atoms with Crippen LogP contribution in [0.15, 0.2) is 65.7 Å². The first-order chi connectivity index (χ1) is 20.2. The average Bonchev–Trinajstić information content (AvgIpc) is 3.45. The van der Waals surface area contributed by atoms with E-state index in [2.05, 4.69) is 49.2 Å². The Labute approximate surface area is 243 Å². The Balaban J connectivity index is 0.000000169. The Kier molecular flexibility index (Phi) is 7.87. The van der Waals surface area contributed by atoms with Gasteiger partial charge in [0.2, 0.25) is 0 Å². The van der Waals surface area contributed by atoms with Crippen LogP contribution >= 0.6 is 0 Å². The van der Waals surface area contributed by atoms with Crippen LogP contribution < -0.4 is 20.2 Å². The fourth-order valence-corrected chi connectivity index (χ4v) is 4.58. The summed E-state index contributed by atoms with van der Waals surface area (Å²) in [6.45, 7) is 6.57. The molecule has 0 bridgehead atoms. The van der Waals surface area contributed by atoms with Gasteiger partial charge in [-0.3, -0.25) is 14.3 Å². The van der Waals surface area contributed by atoms with E-state index in [0.29, 0.717) is 18.4 Å². The van der Waals surface area contributed by atoms with Gasteiger partial charge in [0, 0.05) is 74.1 Å². The standard InChI is InChI=1S/C16H19N5O.C14H15N5O/c1-5-22-16-17-9-8-15(18-16)20(3)12-6-7-14-13(10-12)11(2)21(4)19-14;1-9-11-8-10(4-5-12(11)17-19(9)3)18(2)13-6-7-15-14(20)16-13/h6-10H,5H2,1-4H3;4-8H,1-3H3,(H,15,16,20). The highest BCUT2D eigenvalue weighted by molar-refractivity contribution is 5.87. The molecule has 2 aromatic carbocycles. The second kappa shape index (κ2) is 11.7. The van der Waals surface area contributed by atoms with E-state index < -0.39 is 0 Å². The van der Waals surface area contributed by atoms with Gasteiger partial charge in [0.25, 0.3) is 0 Å². The lowest BCUT2D eigenvalue weighted by molar-refractivity contribution is 0.313. The third kappa shape index (κ3) is 5.64. The average molecular weight is 567 g/mol. The van der Waals surface area contributed by atoms with Gasteiger partial charge in [-0.15, -0.1) is 0 Å². The molecule has 0 radical (unpaired) electrons. The van der Waals surface area contributed by atoms with Crippen LogP contribution in [-0.2, 0) is 14.1 Å². The zero-order valence-electron chi connectivity index (χ0n) is 24.8. The molecule has 0 aliphatic heterocycles. The molecular weight excluding hydrogens is 532 g/mol. The molecule has 0 atom stereocenters. The number of hydrogen-bond donors (Lipinski definition) is 1. The summed E-state index contributed by atoms with van der Waals surface area (Å²) in [5, 5.41) is 11.2. The molecule has 1 N–H and O–H groups in total. The highest BCUT2D eigenvalue weighted by Gasteiger charge is 2.12. The van der Waals surface area contributed by atoms with Crippen molar-refractivity contribution in [2.75, 3.05) is 30.5 Å². The molecule has 4 heterocycles. The van der Waals surface area contributed by atoms with Crippen LogP contribution in [0.1, 0.15) is 18.3 Å². The lowest BCUT2D eigenvalue weighted by Crippen LogP contribution is -2.17. The fraction of sp³-hybridized carbons (Fsp3) is 0.267. The predicted octanol–water partition coefficient (Wildman–Crippen LogP) is 4.57. The molecule has 6 aromatic rings. The van der Waals surface area contributed by atoms with E-state index in [0.717, 1.165) is 50.4 Å². The number of aromatic amines is 1. The van der Waals surface area contributed by atoms with Crippen LogP contribution in [0.2, 0.25) is 0 Å². The molecule has 216 valence electrons. The van der Waals surface area contributed by atoms with Gasteiger partial charge in [-0.2, -0.15) is 15.2 Å². The number of anilines is 4. The molecule has 12 heteroatoms. The lowest BCUT2D eigenvalue weighted by atomic mass is 10.2. The topological polar surface area (TPSA) is 123 Å². The summed E-state index contributed by atoms with van der Waals surface area (Å²) in [4.78, 5) is 30.1. The van der Waals surface area contributed by atoms with Gasteiger partial charge < -0.3 is 14.5 Å². The zero-order valence-corrected chi connectivity index (χ0v) is 24.8. The molecule has 0 saturated heterocycles. The number of ether oxygens (including phenoxy) is 1. The van der Waals surface area contributed by atoms with Gasteiger partial charge in [-0.05, 0) is 69.3 Å². The largest absolute Gasteiger partial charge is 0.464 e. The Hall–Kier alpha value is -5.26. The molecule has 0 aliphatic rings. The number of hydrogen-bond acceptors (Lipinski definition) is 9. The number of nitrogens with one attached hydrogen (secondary N) is 1. The van der Waals surface area contributed by atoms with Gasteiger partial charge in [-0.25, -0.2) is 14.8 Å². The normalized spacial score (nSPS) is 10.9. The minimum Gasteiger partial charge on any atom is -0.464 e. The second-order valence-electron chi connectivity index (χ2n) is 9.83. The Bertz CT molecular complexity index is 1920. The minimum atomic E-state index is -0.354. The van der Waals surface area contributed by atoms with Crippen molar-refractivity contribution in [3.05, 3.63) is 82.8 Å². The van der Waals surface area contributed by atoms with Gasteiger partial charge in [0.05, 0.1) is 17.6 Å². The second-order valence-corrected chi connectivity index (χ2v) is 9.83. The number of aromatic nitrogens is 8. The molecule has 12 nitrogen and oxygen atoms in total. The van der Waals surface area contributed by atoms with E-state index in [1.807, 2.05) is 91.5 Å². The van der Waals surface area contributed by atoms with Crippen molar-refractivity contribution >= 4 is 44.8 Å². The highest BCUT2D eigenvalue weighted by Crippen LogP contribution is 2.28. The summed E-state index contributed by atoms with van der Waals surface area (Å²) in [5.41, 5.74) is 5.88. The van der Waals surface area contributed by atoms with Crippen molar-refractivity contribution in [2.45, 2.75) is 20.8 Å². The first kappa shape index (κ1) is 28.3. The molecule has 0 amide bonds. The summed E-state index contributed by atoms with van der Waals surface area (Å²) in [5.74, 6) is 1.49. The van der Waals surface area contributed by atoms with Crippen LogP contribution in [0, 0.1) is 13.8 Å². The van der Waals surface area contributed by atoms with Gasteiger partial charge in [0.1, 0.15) is 11.6 Å². The number of aryl methyl sites for hydroxylation is 4. The van der Waals surface area contributed by atoms with Crippen molar-refractivity contribution in [1.82, 2.24) is 39.5 Å². The minimum absolute atomic E-state index is 0.354. The Morgan fingerprint density at radius 2 is 1.38 bits per heavy atom. The molecule has 0 aliphatic carbocycles. The summed E-state index contributed by atoms with van der Waals surface area (Å²) in [6, 6.07) is 16.2. The molecule has 42 heavy (non-hydrogen) atoms.